The zero-order valence-electron chi connectivity index (χ0n) is 25.6. The van der Waals surface area contributed by atoms with E-state index < -0.39 is 12.1 Å². The van der Waals surface area contributed by atoms with Crippen molar-refractivity contribution in [2.75, 3.05) is 18.5 Å². The molecular formula is C36H41N3O6. The molecule has 7 rings (SSSR count). The Morgan fingerprint density at radius 3 is 1.98 bits per heavy atom. The van der Waals surface area contributed by atoms with E-state index in [-0.39, 0.29) is 23.0 Å². The average molecular weight is 612 g/mol. The molecule has 0 spiro atoms. The third-order valence-corrected chi connectivity index (χ3v) is 9.46. The molecule has 3 amide bonds. The van der Waals surface area contributed by atoms with Gasteiger partial charge in [-0.1, -0.05) is 12.1 Å². The number of anilines is 1. The van der Waals surface area contributed by atoms with E-state index in [1.54, 1.807) is 72.8 Å². The van der Waals surface area contributed by atoms with Crippen LogP contribution in [0.3, 0.4) is 0 Å². The van der Waals surface area contributed by atoms with E-state index in [9.17, 15) is 19.5 Å². The summed E-state index contributed by atoms with van der Waals surface area (Å²) in [5.74, 6) is 2.27. The molecule has 4 saturated carbocycles. The maximum Gasteiger partial charge on any atom is 0.335 e. The number of rotatable bonds is 12. The molecule has 0 heterocycles. The van der Waals surface area contributed by atoms with Crippen molar-refractivity contribution < 1.29 is 29.0 Å². The Kier molecular flexibility index (Phi) is 8.96. The SMILES string of the molecule is CCOc1ccc(NC(=O)c2ccc(OC(CCNC(=O)NC34CC5CC(CC(C5)C3)C4)c3ccc(C(=O)O)cc3)cc2)cc1. The van der Waals surface area contributed by atoms with Crippen LogP contribution in [0.25, 0.3) is 0 Å². The molecule has 1 atom stereocenters. The highest BCUT2D eigenvalue weighted by Crippen LogP contribution is 2.55. The first-order chi connectivity index (χ1) is 21.8. The Labute approximate surface area is 263 Å². The third kappa shape index (κ3) is 7.41. The number of nitrogens with one attached hydrogen (secondary N) is 3. The highest BCUT2D eigenvalue weighted by atomic mass is 16.5. The van der Waals surface area contributed by atoms with Gasteiger partial charge in [-0.15, -0.1) is 0 Å². The number of carboxylic acid groups (broad SMARTS) is 1. The van der Waals surface area contributed by atoms with Crippen LogP contribution in [-0.4, -0.2) is 41.7 Å². The monoisotopic (exact) mass is 611 g/mol. The second-order valence-corrected chi connectivity index (χ2v) is 12.8. The molecule has 3 aromatic rings. The predicted molar refractivity (Wildman–Crippen MR) is 171 cm³/mol. The molecule has 0 aromatic heterocycles. The minimum absolute atomic E-state index is 0.0671. The standard InChI is InChI=1S/C36H41N3O6/c1-2-44-30-13-9-29(10-14-30)38-33(40)27-7-11-31(12-8-27)45-32(26-3-5-28(6-4-26)34(41)42)15-16-37-35(43)39-36-20-23-17-24(21-36)19-25(18-23)22-36/h3-14,23-25,32H,2,15-22H2,1H3,(H,38,40)(H,41,42)(H2,37,39,43). The summed E-state index contributed by atoms with van der Waals surface area (Å²) in [4.78, 5) is 37.3. The average Bonchev–Trinajstić information content (AvgIpc) is 3.01. The van der Waals surface area contributed by atoms with Crippen molar-refractivity contribution in [2.45, 2.75) is 63.5 Å². The number of hydrogen-bond donors (Lipinski definition) is 4. The fourth-order valence-corrected chi connectivity index (χ4v) is 7.85. The lowest BCUT2D eigenvalue weighted by molar-refractivity contribution is -0.0135. The lowest BCUT2D eigenvalue weighted by atomic mass is 9.53. The van der Waals surface area contributed by atoms with E-state index in [0.717, 1.165) is 48.3 Å². The topological polar surface area (TPSA) is 126 Å². The van der Waals surface area contributed by atoms with E-state index in [1.165, 1.54) is 19.3 Å². The van der Waals surface area contributed by atoms with E-state index in [2.05, 4.69) is 16.0 Å². The molecular weight excluding hydrogens is 570 g/mol. The summed E-state index contributed by atoms with van der Waals surface area (Å²) < 4.78 is 11.8. The van der Waals surface area contributed by atoms with Crippen LogP contribution in [0.1, 0.15) is 84.3 Å². The number of ether oxygens (including phenoxy) is 2. The summed E-state index contributed by atoms with van der Waals surface area (Å²) in [6.45, 7) is 2.87. The largest absolute Gasteiger partial charge is 0.494 e. The second-order valence-electron chi connectivity index (χ2n) is 12.8. The first-order valence-corrected chi connectivity index (χ1v) is 16.0. The van der Waals surface area contributed by atoms with E-state index >= 15 is 0 Å². The molecule has 1 unspecified atom stereocenters. The number of carbonyl (C=O) groups excluding carboxylic acids is 2. The molecule has 236 valence electrons. The van der Waals surface area contributed by atoms with Crippen LogP contribution < -0.4 is 25.4 Å². The summed E-state index contributed by atoms with van der Waals surface area (Å²) in [5.41, 5.74) is 2.05. The van der Waals surface area contributed by atoms with Crippen molar-refractivity contribution >= 4 is 23.6 Å². The first-order valence-electron chi connectivity index (χ1n) is 16.0. The highest BCUT2D eigenvalue weighted by Gasteiger charge is 2.51. The molecule has 4 aliphatic carbocycles. The number of benzene rings is 3. The maximum absolute atomic E-state index is 13.0. The van der Waals surface area contributed by atoms with Gasteiger partial charge >= 0.3 is 12.0 Å². The summed E-state index contributed by atoms with van der Waals surface area (Å²) >= 11 is 0. The molecule has 4 fully saturated rings. The molecule has 0 aliphatic heterocycles. The molecule has 3 aromatic carbocycles. The van der Waals surface area contributed by atoms with Crippen LogP contribution in [0.5, 0.6) is 11.5 Å². The zero-order chi connectivity index (χ0) is 31.4. The van der Waals surface area contributed by atoms with Crippen molar-refractivity contribution in [3.8, 4) is 11.5 Å². The van der Waals surface area contributed by atoms with Gasteiger partial charge in [-0.05, 0) is 129 Å². The Balaban J connectivity index is 1.07. The quantitative estimate of drug-likeness (QED) is 0.178. The van der Waals surface area contributed by atoms with Crippen molar-refractivity contribution in [3.05, 3.63) is 89.5 Å². The number of carboxylic acids is 1. The Morgan fingerprint density at radius 2 is 1.40 bits per heavy atom. The van der Waals surface area contributed by atoms with Crippen LogP contribution in [0, 0.1) is 17.8 Å². The van der Waals surface area contributed by atoms with Crippen molar-refractivity contribution in [1.82, 2.24) is 10.6 Å². The van der Waals surface area contributed by atoms with Crippen LogP contribution in [0.2, 0.25) is 0 Å². The van der Waals surface area contributed by atoms with Gasteiger partial charge < -0.3 is 30.5 Å². The van der Waals surface area contributed by atoms with Gasteiger partial charge in [0.25, 0.3) is 5.91 Å². The number of aromatic carboxylic acids is 1. The van der Waals surface area contributed by atoms with Crippen molar-refractivity contribution in [3.63, 3.8) is 0 Å². The molecule has 4 aliphatic rings. The molecule has 0 saturated heterocycles. The van der Waals surface area contributed by atoms with Gasteiger partial charge in [0, 0.05) is 29.8 Å². The van der Waals surface area contributed by atoms with Gasteiger partial charge in [0.2, 0.25) is 0 Å². The molecule has 4 bridgehead atoms. The van der Waals surface area contributed by atoms with E-state index in [1.807, 2.05) is 6.92 Å². The summed E-state index contributed by atoms with van der Waals surface area (Å²) in [7, 11) is 0. The van der Waals surface area contributed by atoms with Gasteiger partial charge in [0.05, 0.1) is 12.2 Å². The van der Waals surface area contributed by atoms with Crippen molar-refractivity contribution in [1.29, 1.82) is 0 Å². The fourth-order valence-electron chi connectivity index (χ4n) is 7.85. The minimum atomic E-state index is -0.999. The first kappa shape index (κ1) is 30.5. The summed E-state index contributed by atoms with van der Waals surface area (Å²) in [6, 6.07) is 20.5. The second kappa shape index (κ2) is 13.2. The number of carbonyl (C=O) groups is 3. The Bertz CT molecular complexity index is 1470. The van der Waals surface area contributed by atoms with Crippen LogP contribution >= 0.6 is 0 Å². The summed E-state index contributed by atoms with van der Waals surface area (Å²) in [6.07, 6.45) is 7.23. The zero-order valence-corrected chi connectivity index (χ0v) is 25.6. The minimum Gasteiger partial charge on any atom is -0.494 e. The van der Waals surface area contributed by atoms with E-state index in [4.69, 9.17) is 9.47 Å². The van der Waals surface area contributed by atoms with Crippen LogP contribution in [0.4, 0.5) is 10.5 Å². The van der Waals surface area contributed by atoms with Crippen molar-refractivity contribution in [2.24, 2.45) is 17.8 Å². The van der Waals surface area contributed by atoms with Gasteiger partial charge in [-0.3, -0.25) is 4.79 Å². The maximum atomic E-state index is 13.0. The lowest BCUT2D eigenvalue weighted by Gasteiger charge is -2.56. The van der Waals surface area contributed by atoms with Gasteiger partial charge in [-0.25, -0.2) is 9.59 Å². The summed E-state index contributed by atoms with van der Waals surface area (Å²) in [5, 5.41) is 18.6. The highest BCUT2D eigenvalue weighted by molar-refractivity contribution is 6.04. The predicted octanol–water partition coefficient (Wildman–Crippen LogP) is 6.81. The molecule has 4 N–H and O–H groups in total. The fraction of sp³-hybridized carbons (Fsp3) is 0.417. The molecule has 9 heteroatoms. The number of urea groups is 1. The van der Waals surface area contributed by atoms with Gasteiger partial charge in [0.15, 0.2) is 0 Å². The lowest BCUT2D eigenvalue weighted by Crippen LogP contribution is -2.61. The van der Waals surface area contributed by atoms with Crippen LogP contribution in [-0.2, 0) is 0 Å². The third-order valence-electron chi connectivity index (χ3n) is 9.46. The van der Waals surface area contributed by atoms with Crippen LogP contribution in [0.15, 0.2) is 72.8 Å². The smallest absolute Gasteiger partial charge is 0.335 e. The van der Waals surface area contributed by atoms with E-state index in [0.29, 0.717) is 36.6 Å². The molecule has 9 nitrogen and oxygen atoms in total. The normalized spacial score (nSPS) is 23.5. The number of amides is 3. The molecule has 0 radical (unpaired) electrons. The van der Waals surface area contributed by atoms with Gasteiger partial charge in [-0.2, -0.15) is 0 Å². The Morgan fingerprint density at radius 1 is 0.822 bits per heavy atom. The Hall–Kier alpha value is -4.53. The number of hydrogen-bond acceptors (Lipinski definition) is 5. The van der Waals surface area contributed by atoms with Gasteiger partial charge in [0.1, 0.15) is 17.6 Å². The molecule has 45 heavy (non-hydrogen) atoms.